The molecule has 1 rings (SSSR count). The highest BCUT2D eigenvalue weighted by Gasteiger charge is 2.09. The van der Waals surface area contributed by atoms with Crippen LogP contribution in [0.2, 0.25) is 0 Å². The van der Waals surface area contributed by atoms with Crippen LogP contribution in [0.1, 0.15) is 56.2 Å². The topological polar surface area (TPSA) is 78.9 Å². The van der Waals surface area contributed by atoms with Crippen LogP contribution in [0, 0.1) is 11.3 Å². The van der Waals surface area contributed by atoms with Gasteiger partial charge in [0.1, 0.15) is 0 Å². The summed E-state index contributed by atoms with van der Waals surface area (Å²) in [6, 6.07) is 9.35. The van der Waals surface area contributed by atoms with Gasteiger partial charge < -0.3 is 11.1 Å². The van der Waals surface area contributed by atoms with Gasteiger partial charge in [0.2, 0.25) is 5.91 Å². The third-order valence-corrected chi connectivity index (χ3v) is 3.28. The molecule has 0 radical (unpaired) electrons. The first-order valence-electron chi connectivity index (χ1n) is 7.17. The number of nitriles is 1. The molecule has 0 aliphatic heterocycles. The maximum atomic E-state index is 11.8. The Morgan fingerprint density at radius 2 is 1.90 bits per heavy atom. The zero-order valence-electron chi connectivity index (χ0n) is 12.1. The maximum absolute atomic E-state index is 11.8. The zero-order chi connectivity index (χ0) is 14.8. The molecule has 20 heavy (non-hydrogen) atoms. The van der Waals surface area contributed by atoms with Crippen LogP contribution in [0.25, 0.3) is 0 Å². The molecule has 3 N–H and O–H groups in total. The van der Waals surface area contributed by atoms with E-state index < -0.39 is 0 Å². The zero-order valence-corrected chi connectivity index (χ0v) is 12.1. The van der Waals surface area contributed by atoms with Crippen molar-refractivity contribution in [2.45, 2.75) is 45.1 Å². The maximum Gasteiger partial charge on any atom is 0.220 e. The monoisotopic (exact) mass is 273 g/mol. The molecule has 108 valence electrons. The Morgan fingerprint density at radius 1 is 1.25 bits per heavy atom. The number of hydrogen-bond acceptors (Lipinski definition) is 3. The molecular formula is C16H23N3O. The average molecular weight is 273 g/mol. The van der Waals surface area contributed by atoms with Crippen LogP contribution >= 0.6 is 0 Å². The van der Waals surface area contributed by atoms with Crippen LogP contribution in [0.15, 0.2) is 24.3 Å². The van der Waals surface area contributed by atoms with Crippen LogP contribution in [0.4, 0.5) is 0 Å². The second kappa shape index (κ2) is 9.11. The Labute approximate surface area is 121 Å². The van der Waals surface area contributed by atoms with Gasteiger partial charge in [0.15, 0.2) is 0 Å². The van der Waals surface area contributed by atoms with Gasteiger partial charge in [-0.25, -0.2) is 0 Å². The molecule has 0 heterocycles. The predicted molar refractivity (Wildman–Crippen MR) is 79.9 cm³/mol. The number of rotatable bonds is 8. The molecule has 4 nitrogen and oxygen atoms in total. The van der Waals surface area contributed by atoms with Gasteiger partial charge >= 0.3 is 0 Å². The van der Waals surface area contributed by atoms with E-state index in [-0.39, 0.29) is 11.9 Å². The fourth-order valence-electron chi connectivity index (χ4n) is 2.03. The third-order valence-electron chi connectivity index (χ3n) is 3.28. The lowest BCUT2D eigenvalue weighted by atomic mass is 10.1. The van der Waals surface area contributed by atoms with Gasteiger partial charge in [0.05, 0.1) is 17.7 Å². The molecule has 0 bridgehead atoms. The predicted octanol–water partition coefficient (Wildman–Crippen LogP) is 2.64. The van der Waals surface area contributed by atoms with Gasteiger partial charge in [-0.2, -0.15) is 5.26 Å². The lowest BCUT2D eigenvalue weighted by Crippen LogP contribution is -2.26. The van der Waals surface area contributed by atoms with Crippen molar-refractivity contribution < 1.29 is 4.79 Å². The first-order valence-corrected chi connectivity index (χ1v) is 7.17. The van der Waals surface area contributed by atoms with Crippen molar-refractivity contribution in [2.24, 2.45) is 5.73 Å². The van der Waals surface area contributed by atoms with Crippen LogP contribution in [0.3, 0.4) is 0 Å². The molecule has 0 aromatic heterocycles. The molecule has 0 fully saturated rings. The first kappa shape index (κ1) is 16.2. The van der Waals surface area contributed by atoms with E-state index in [2.05, 4.69) is 11.4 Å². The molecule has 1 aromatic carbocycles. The van der Waals surface area contributed by atoms with Crippen LogP contribution in [-0.4, -0.2) is 12.5 Å². The van der Waals surface area contributed by atoms with Gasteiger partial charge in [-0.1, -0.05) is 25.0 Å². The summed E-state index contributed by atoms with van der Waals surface area (Å²) in [5.41, 5.74) is 7.07. The molecule has 0 aliphatic carbocycles. The number of nitrogens with two attached hydrogens (primary N) is 1. The van der Waals surface area contributed by atoms with E-state index >= 15 is 0 Å². The Balaban J connectivity index is 2.31. The summed E-state index contributed by atoms with van der Waals surface area (Å²) < 4.78 is 0. The fourth-order valence-corrected chi connectivity index (χ4v) is 2.03. The number of nitrogens with zero attached hydrogens (tertiary/aromatic N) is 1. The summed E-state index contributed by atoms with van der Waals surface area (Å²) in [4.78, 5) is 11.8. The molecule has 1 amide bonds. The Morgan fingerprint density at radius 3 is 2.50 bits per heavy atom. The normalized spacial score (nSPS) is 11.7. The molecule has 1 unspecified atom stereocenters. The van der Waals surface area contributed by atoms with E-state index in [1.165, 1.54) is 0 Å². The quantitative estimate of drug-likeness (QED) is 0.715. The van der Waals surface area contributed by atoms with Gasteiger partial charge in [-0.3, -0.25) is 4.79 Å². The summed E-state index contributed by atoms with van der Waals surface area (Å²) in [6.07, 6.45) is 4.64. The number of carbonyl (C=O) groups is 1. The van der Waals surface area contributed by atoms with Crippen molar-refractivity contribution in [2.75, 3.05) is 6.54 Å². The van der Waals surface area contributed by atoms with Crippen molar-refractivity contribution in [3.05, 3.63) is 35.4 Å². The SMILES string of the molecule is CC(NC(=O)CCCCCCN)c1ccc(C#N)cc1. The number of hydrogen-bond donors (Lipinski definition) is 2. The molecule has 4 heteroatoms. The standard InChI is InChI=1S/C16H23N3O/c1-13(15-9-7-14(12-18)8-10-15)19-16(20)6-4-2-3-5-11-17/h7-10,13H,2-6,11,17H2,1H3,(H,19,20). The van der Waals surface area contributed by atoms with Gasteiger partial charge in [-0.15, -0.1) is 0 Å². The molecule has 0 saturated heterocycles. The number of nitrogens with one attached hydrogen (secondary N) is 1. The number of amides is 1. The summed E-state index contributed by atoms with van der Waals surface area (Å²) in [6.45, 7) is 2.68. The van der Waals surface area contributed by atoms with Crippen molar-refractivity contribution in [3.63, 3.8) is 0 Å². The highest BCUT2D eigenvalue weighted by Crippen LogP contribution is 2.13. The lowest BCUT2D eigenvalue weighted by Gasteiger charge is -2.14. The highest BCUT2D eigenvalue weighted by molar-refractivity contribution is 5.76. The summed E-state index contributed by atoms with van der Waals surface area (Å²) in [7, 11) is 0. The average Bonchev–Trinajstić information content (AvgIpc) is 2.47. The van der Waals surface area contributed by atoms with Crippen molar-refractivity contribution in [1.82, 2.24) is 5.32 Å². The molecule has 1 atom stereocenters. The number of unbranched alkanes of at least 4 members (excludes halogenated alkanes) is 3. The summed E-state index contributed by atoms with van der Waals surface area (Å²) in [5, 5.41) is 11.7. The largest absolute Gasteiger partial charge is 0.350 e. The van der Waals surface area contributed by atoms with Crippen molar-refractivity contribution >= 4 is 5.91 Å². The van der Waals surface area contributed by atoms with E-state index in [1.54, 1.807) is 12.1 Å². The number of carbonyl (C=O) groups excluding carboxylic acids is 1. The Hall–Kier alpha value is -1.86. The van der Waals surface area contributed by atoms with E-state index in [4.69, 9.17) is 11.0 Å². The van der Waals surface area contributed by atoms with Gasteiger partial charge in [0.25, 0.3) is 0 Å². The second-order valence-electron chi connectivity index (χ2n) is 4.98. The van der Waals surface area contributed by atoms with Crippen LogP contribution in [0.5, 0.6) is 0 Å². The van der Waals surface area contributed by atoms with E-state index in [9.17, 15) is 4.79 Å². The van der Waals surface area contributed by atoms with Crippen LogP contribution in [-0.2, 0) is 4.79 Å². The first-order chi connectivity index (χ1) is 9.67. The van der Waals surface area contributed by atoms with E-state index in [0.717, 1.165) is 37.8 Å². The van der Waals surface area contributed by atoms with Gasteiger partial charge in [0, 0.05) is 6.42 Å². The van der Waals surface area contributed by atoms with E-state index in [1.807, 2.05) is 19.1 Å². The summed E-state index contributed by atoms with van der Waals surface area (Å²) >= 11 is 0. The minimum Gasteiger partial charge on any atom is -0.350 e. The van der Waals surface area contributed by atoms with Crippen molar-refractivity contribution in [3.8, 4) is 6.07 Å². The highest BCUT2D eigenvalue weighted by atomic mass is 16.1. The molecule has 0 saturated carbocycles. The smallest absolute Gasteiger partial charge is 0.220 e. The minimum absolute atomic E-state index is 0.0284. The summed E-state index contributed by atoms with van der Waals surface area (Å²) in [5.74, 6) is 0.0783. The molecule has 0 aliphatic rings. The Kier molecular flexibility index (Phi) is 7.38. The minimum atomic E-state index is -0.0284. The van der Waals surface area contributed by atoms with E-state index in [0.29, 0.717) is 12.0 Å². The molecular weight excluding hydrogens is 250 g/mol. The second-order valence-corrected chi connectivity index (χ2v) is 4.98. The lowest BCUT2D eigenvalue weighted by molar-refractivity contribution is -0.121. The third kappa shape index (κ3) is 5.85. The Bertz CT molecular complexity index is 448. The molecule has 1 aromatic rings. The van der Waals surface area contributed by atoms with Crippen LogP contribution < -0.4 is 11.1 Å². The number of benzene rings is 1. The van der Waals surface area contributed by atoms with Gasteiger partial charge in [-0.05, 0) is 44.0 Å². The molecule has 0 spiro atoms. The van der Waals surface area contributed by atoms with Crippen molar-refractivity contribution in [1.29, 1.82) is 5.26 Å². The fraction of sp³-hybridized carbons (Fsp3) is 0.500.